The minimum atomic E-state index is -0.254. The van der Waals surface area contributed by atoms with Crippen LogP contribution >= 0.6 is 0 Å². The summed E-state index contributed by atoms with van der Waals surface area (Å²) in [4.78, 5) is 23.6. The number of hydrogen-bond donors (Lipinski definition) is 2. The van der Waals surface area contributed by atoms with Crippen LogP contribution in [0.25, 0.3) is 0 Å². The van der Waals surface area contributed by atoms with E-state index in [2.05, 4.69) is 23.8 Å². The number of ether oxygens (including phenoxy) is 2. The van der Waals surface area contributed by atoms with Crippen LogP contribution in [0.2, 0.25) is 0 Å². The van der Waals surface area contributed by atoms with E-state index in [1.54, 1.807) is 0 Å². The molecule has 0 spiro atoms. The molecule has 0 amide bonds. The molecule has 2 N–H and O–H groups in total. The Labute approximate surface area is 117 Å². The van der Waals surface area contributed by atoms with Crippen LogP contribution in [-0.4, -0.2) is 37.9 Å². The predicted molar refractivity (Wildman–Crippen MR) is 74.5 cm³/mol. The molecule has 20 heavy (non-hydrogen) atoms. The number of carbonyl (C=O) groups excluding carboxylic acids is 2. The second-order valence-corrected chi connectivity index (χ2v) is 3.77. The van der Waals surface area contributed by atoms with E-state index in [9.17, 15) is 9.59 Å². The van der Waals surface area contributed by atoms with Crippen molar-refractivity contribution in [2.24, 2.45) is 0 Å². The van der Waals surface area contributed by atoms with E-state index in [-0.39, 0.29) is 23.0 Å². The smallest absolute Gasteiger partial charge is 0.203 e. The molecule has 0 radical (unpaired) electrons. The summed E-state index contributed by atoms with van der Waals surface area (Å²) in [7, 11) is 0. The SMILES string of the molecule is C=COCCNC1=CC(=O)C(NCCOC=C)=CC1=O. The van der Waals surface area contributed by atoms with Gasteiger partial charge >= 0.3 is 0 Å². The predicted octanol–water partition coefficient (Wildman–Crippen LogP) is 0.405. The number of carbonyl (C=O) groups is 2. The molecule has 1 rings (SSSR count). The minimum absolute atomic E-state index is 0.254. The van der Waals surface area contributed by atoms with Crippen molar-refractivity contribution in [3.63, 3.8) is 0 Å². The van der Waals surface area contributed by atoms with Crippen molar-refractivity contribution in [3.05, 3.63) is 49.2 Å². The van der Waals surface area contributed by atoms with Gasteiger partial charge in [0.2, 0.25) is 11.6 Å². The Morgan fingerprint density at radius 3 is 1.65 bits per heavy atom. The quantitative estimate of drug-likeness (QED) is 0.342. The van der Waals surface area contributed by atoms with Gasteiger partial charge < -0.3 is 20.1 Å². The monoisotopic (exact) mass is 278 g/mol. The molecule has 6 nitrogen and oxygen atoms in total. The van der Waals surface area contributed by atoms with Gasteiger partial charge in [-0.15, -0.1) is 0 Å². The molecule has 1 aliphatic carbocycles. The second-order valence-electron chi connectivity index (χ2n) is 3.77. The van der Waals surface area contributed by atoms with Crippen LogP contribution in [0.4, 0.5) is 0 Å². The Balaban J connectivity index is 2.44. The van der Waals surface area contributed by atoms with Gasteiger partial charge in [0.25, 0.3) is 0 Å². The average molecular weight is 278 g/mol. The largest absolute Gasteiger partial charge is 0.500 e. The third-order valence-corrected chi connectivity index (χ3v) is 2.39. The van der Waals surface area contributed by atoms with Crippen molar-refractivity contribution in [2.45, 2.75) is 0 Å². The van der Waals surface area contributed by atoms with Crippen molar-refractivity contribution in [2.75, 3.05) is 26.3 Å². The second kappa shape index (κ2) is 8.58. The number of rotatable bonds is 10. The molecule has 0 unspecified atom stereocenters. The summed E-state index contributed by atoms with van der Waals surface area (Å²) in [5.74, 6) is -0.509. The van der Waals surface area contributed by atoms with E-state index in [1.165, 1.54) is 24.7 Å². The van der Waals surface area contributed by atoms with E-state index in [4.69, 9.17) is 9.47 Å². The summed E-state index contributed by atoms with van der Waals surface area (Å²) < 4.78 is 9.82. The van der Waals surface area contributed by atoms with Gasteiger partial charge in [0.1, 0.15) is 13.2 Å². The van der Waals surface area contributed by atoms with Crippen molar-refractivity contribution in [1.82, 2.24) is 10.6 Å². The van der Waals surface area contributed by atoms with E-state index < -0.39 is 0 Å². The summed E-state index contributed by atoms with van der Waals surface area (Å²) in [6.07, 6.45) is 5.17. The van der Waals surface area contributed by atoms with Crippen molar-refractivity contribution in [1.29, 1.82) is 0 Å². The summed E-state index contributed by atoms with van der Waals surface area (Å²) in [6.45, 7) is 8.38. The molecule has 0 bridgehead atoms. The first kappa shape index (κ1) is 15.6. The first-order chi connectivity index (χ1) is 9.69. The maximum Gasteiger partial charge on any atom is 0.203 e. The van der Waals surface area contributed by atoms with E-state index in [1.807, 2.05) is 0 Å². The van der Waals surface area contributed by atoms with E-state index >= 15 is 0 Å². The minimum Gasteiger partial charge on any atom is -0.500 e. The molecular weight excluding hydrogens is 260 g/mol. The highest BCUT2D eigenvalue weighted by Crippen LogP contribution is 2.07. The number of ketones is 2. The van der Waals surface area contributed by atoms with Crippen molar-refractivity contribution in [3.8, 4) is 0 Å². The Hall–Kier alpha value is -2.50. The molecular formula is C14H18N2O4. The zero-order chi connectivity index (χ0) is 14.8. The standard InChI is InChI=1S/C14H18N2O4/c1-3-19-7-5-15-11-9-14(18)12(10-13(11)17)16-6-8-20-4-2/h3-4,9-10,15-16H,1-2,5-8H2. The van der Waals surface area contributed by atoms with Gasteiger partial charge in [-0.1, -0.05) is 13.2 Å². The van der Waals surface area contributed by atoms with Crippen LogP contribution in [0.3, 0.4) is 0 Å². The zero-order valence-corrected chi connectivity index (χ0v) is 11.2. The normalized spacial score (nSPS) is 14.0. The molecule has 0 saturated heterocycles. The fourth-order valence-electron chi connectivity index (χ4n) is 1.49. The molecule has 0 aromatic heterocycles. The van der Waals surface area contributed by atoms with Gasteiger partial charge in [-0.2, -0.15) is 0 Å². The molecule has 1 aliphatic rings. The first-order valence-corrected chi connectivity index (χ1v) is 6.14. The van der Waals surface area contributed by atoms with Gasteiger partial charge in [-0.05, 0) is 0 Å². The number of allylic oxidation sites excluding steroid dienone is 2. The lowest BCUT2D eigenvalue weighted by Gasteiger charge is -2.15. The number of nitrogens with one attached hydrogen (secondary N) is 2. The average Bonchev–Trinajstić information content (AvgIpc) is 2.44. The van der Waals surface area contributed by atoms with Crippen LogP contribution in [0.1, 0.15) is 0 Å². The number of hydrogen-bond acceptors (Lipinski definition) is 6. The summed E-state index contributed by atoms with van der Waals surface area (Å²) in [5.41, 5.74) is 0.520. The van der Waals surface area contributed by atoms with Crippen LogP contribution < -0.4 is 10.6 Å². The lowest BCUT2D eigenvalue weighted by molar-refractivity contribution is -0.115. The van der Waals surface area contributed by atoms with Gasteiger partial charge in [-0.25, -0.2) is 0 Å². The van der Waals surface area contributed by atoms with E-state index in [0.717, 1.165) is 0 Å². The summed E-state index contributed by atoms with van der Waals surface area (Å²) >= 11 is 0. The molecule has 0 fully saturated rings. The van der Waals surface area contributed by atoms with Crippen molar-refractivity contribution >= 4 is 11.6 Å². The summed E-state index contributed by atoms with van der Waals surface area (Å²) in [5, 5.41) is 5.68. The molecule has 0 heterocycles. The lowest BCUT2D eigenvalue weighted by atomic mass is 10.1. The maximum absolute atomic E-state index is 11.8. The Morgan fingerprint density at radius 1 is 0.900 bits per heavy atom. The fourth-order valence-corrected chi connectivity index (χ4v) is 1.49. The Morgan fingerprint density at radius 2 is 1.30 bits per heavy atom. The maximum atomic E-state index is 11.8. The third kappa shape index (κ3) is 5.01. The molecule has 108 valence electrons. The molecule has 6 heteroatoms. The topological polar surface area (TPSA) is 76.7 Å². The first-order valence-electron chi connectivity index (χ1n) is 6.14. The molecule has 0 aliphatic heterocycles. The Kier molecular flexibility index (Phi) is 6.67. The molecule has 0 aromatic rings. The van der Waals surface area contributed by atoms with Crippen LogP contribution in [0.5, 0.6) is 0 Å². The van der Waals surface area contributed by atoms with E-state index in [0.29, 0.717) is 26.3 Å². The van der Waals surface area contributed by atoms with Gasteiger partial charge in [0.15, 0.2) is 0 Å². The van der Waals surface area contributed by atoms with Gasteiger partial charge in [0.05, 0.1) is 23.9 Å². The molecule has 0 saturated carbocycles. The highest BCUT2D eigenvalue weighted by molar-refractivity contribution is 6.19. The molecule has 0 aromatic carbocycles. The Bertz CT molecular complexity index is 410. The zero-order valence-electron chi connectivity index (χ0n) is 11.2. The van der Waals surface area contributed by atoms with Crippen LogP contribution in [0.15, 0.2) is 49.2 Å². The van der Waals surface area contributed by atoms with Crippen LogP contribution in [-0.2, 0) is 19.1 Å². The third-order valence-electron chi connectivity index (χ3n) is 2.39. The molecule has 0 atom stereocenters. The highest BCUT2D eigenvalue weighted by Gasteiger charge is 2.19. The summed E-state index contributed by atoms with van der Waals surface area (Å²) in [6, 6.07) is 0. The van der Waals surface area contributed by atoms with Gasteiger partial charge in [-0.3, -0.25) is 9.59 Å². The lowest BCUT2D eigenvalue weighted by Crippen LogP contribution is -2.31. The van der Waals surface area contributed by atoms with Crippen molar-refractivity contribution < 1.29 is 19.1 Å². The van der Waals surface area contributed by atoms with Crippen LogP contribution in [0, 0.1) is 0 Å². The van der Waals surface area contributed by atoms with Gasteiger partial charge in [0, 0.05) is 25.2 Å². The highest BCUT2D eigenvalue weighted by atomic mass is 16.5. The fraction of sp³-hybridized carbons (Fsp3) is 0.286.